The van der Waals surface area contributed by atoms with Crippen molar-refractivity contribution in [3.8, 4) is 0 Å². The Morgan fingerprint density at radius 2 is 1.78 bits per heavy atom. The lowest BCUT2D eigenvalue weighted by atomic mass is 9.76. The van der Waals surface area contributed by atoms with Crippen LogP contribution in [0, 0.1) is 5.92 Å². The van der Waals surface area contributed by atoms with Crippen molar-refractivity contribution in [1.82, 2.24) is 5.32 Å². The molecule has 1 aromatic carbocycles. The van der Waals surface area contributed by atoms with Gasteiger partial charge in [-0.15, -0.1) is 12.4 Å². The van der Waals surface area contributed by atoms with Crippen molar-refractivity contribution in [1.29, 1.82) is 0 Å². The first kappa shape index (κ1) is 18.6. The van der Waals surface area contributed by atoms with Gasteiger partial charge in [0.25, 0.3) is 0 Å². The molecule has 2 fully saturated rings. The van der Waals surface area contributed by atoms with Gasteiger partial charge in [-0.25, -0.2) is 0 Å². The Morgan fingerprint density at radius 3 is 2.35 bits per heavy atom. The predicted molar refractivity (Wildman–Crippen MR) is 96.9 cm³/mol. The van der Waals surface area contributed by atoms with E-state index in [2.05, 4.69) is 17.4 Å². The Hall–Kier alpha value is -0.770. The van der Waals surface area contributed by atoms with Crippen LogP contribution in [0.3, 0.4) is 0 Å². The zero-order chi connectivity index (χ0) is 15.6. The molecule has 3 rings (SSSR count). The molecule has 0 spiro atoms. The molecule has 2 atom stereocenters. The third kappa shape index (κ3) is 4.20. The van der Waals surface area contributed by atoms with Crippen molar-refractivity contribution in [2.24, 2.45) is 11.7 Å². The summed E-state index contributed by atoms with van der Waals surface area (Å²) in [5.74, 6) is 0.269. The molecule has 23 heavy (non-hydrogen) atoms. The Kier molecular flexibility index (Phi) is 6.35. The largest absolute Gasteiger partial charge is 0.346 e. The first-order chi connectivity index (χ1) is 10.6. The van der Waals surface area contributed by atoms with Gasteiger partial charge >= 0.3 is 0 Å². The average molecular weight is 357 g/mol. The van der Waals surface area contributed by atoms with Gasteiger partial charge in [-0.1, -0.05) is 43.0 Å². The third-order valence-electron chi connectivity index (χ3n) is 5.31. The summed E-state index contributed by atoms with van der Waals surface area (Å²) in [5, 5.41) is 4.13. The molecule has 2 aliphatic rings. The first-order valence-corrected chi connectivity index (χ1v) is 8.80. The molecule has 128 valence electrons. The molecule has 1 amide bonds. The molecule has 3 nitrogen and oxygen atoms in total. The summed E-state index contributed by atoms with van der Waals surface area (Å²) in [6, 6.07) is 8.16. The fourth-order valence-corrected chi connectivity index (χ4v) is 4.13. The maximum atomic E-state index is 12.7. The molecular weight excluding hydrogens is 331 g/mol. The van der Waals surface area contributed by atoms with E-state index < -0.39 is 0 Å². The van der Waals surface area contributed by atoms with Crippen LogP contribution in [0.5, 0.6) is 0 Å². The second-order valence-corrected chi connectivity index (χ2v) is 7.35. The van der Waals surface area contributed by atoms with Crippen LogP contribution in [-0.4, -0.2) is 11.9 Å². The number of nitrogens with one attached hydrogen (secondary N) is 1. The molecule has 2 saturated carbocycles. The van der Waals surface area contributed by atoms with Gasteiger partial charge < -0.3 is 11.1 Å². The Labute approximate surface area is 149 Å². The minimum Gasteiger partial charge on any atom is -0.346 e. The monoisotopic (exact) mass is 356 g/mol. The van der Waals surface area contributed by atoms with Gasteiger partial charge in [-0.05, 0) is 49.8 Å². The van der Waals surface area contributed by atoms with Crippen molar-refractivity contribution in [3.63, 3.8) is 0 Å². The van der Waals surface area contributed by atoms with Crippen LogP contribution in [-0.2, 0) is 10.3 Å². The molecule has 2 unspecified atom stereocenters. The maximum absolute atomic E-state index is 12.7. The Morgan fingerprint density at radius 1 is 1.13 bits per heavy atom. The topological polar surface area (TPSA) is 55.1 Å². The minimum atomic E-state index is -0.216. The van der Waals surface area contributed by atoms with Crippen molar-refractivity contribution in [2.45, 2.75) is 62.9 Å². The molecule has 0 heterocycles. The fraction of sp³-hybridized carbons (Fsp3) is 0.611. The number of nitrogens with two attached hydrogens (primary N) is 1. The number of carbonyl (C=O) groups is 1. The SMILES string of the molecule is Cl.NC1CCC(C(=O)NC2(c3ccc(Cl)cc3)CCCCC2)C1. The highest BCUT2D eigenvalue weighted by Gasteiger charge is 2.38. The third-order valence-corrected chi connectivity index (χ3v) is 5.56. The van der Waals surface area contributed by atoms with Gasteiger partial charge in [0.1, 0.15) is 0 Å². The van der Waals surface area contributed by atoms with Crippen molar-refractivity contribution in [3.05, 3.63) is 34.9 Å². The van der Waals surface area contributed by atoms with E-state index >= 15 is 0 Å². The Balaban J connectivity index is 0.00000192. The molecule has 0 radical (unpaired) electrons. The minimum absolute atomic E-state index is 0. The van der Waals surface area contributed by atoms with Gasteiger partial charge in [0.05, 0.1) is 5.54 Å². The van der Waals surface area contributed by atoms with Crippen molar-refractivity contribution < 1.29 is 4.79 Å². The highest BCUT2D eigenvalue weighted by atomic mass is 35.5. The molecule has 3 N–H and O–H groups in total. The summed E-state index contributed by atoms with van der Waals surface area (Å²) < 4.78 is 0. The quantitative estimate of drug-likeness (QED) is 0.853. The standard InChI is InChI=1S/C18H25ClN2O.ClH/c19-15-7-5-14(6-8-15)18(10-2-1-3-11-18)21-17(22)13-4-9-16(20)12-13;/h5-8,13,16H,1-4,9-12,20H2,(H,21,22);1H. The predicted octanol–water partition coefficient (Wildman–Crippen LogP) is 4.16. The number of hydrogen-bond donors (Lipinski definition) is 2. The summed E-state index contributed by atoms with van der Waals surface area (Å²) in [7, 11) is 0. The fourth-order valence-electron chi connectivity index (χ4n) is 4.00. The second-order valence-electron chi connectivity index (χ2n) is 6.91. The van der Waals surface area contributed by atoms with E-state index in [0.717, 1.165) is 50.0 Å². The van der Waals surface area contributed by atoms with E-state index in [1.165, 1.54) is 12.0 Å². The number of hydrogen-bond acceptors (Lipinski definition) is 2. The summed E-state index contributed by atoms with van der Waals surface area (Å²) in [6.45, 7) is 0. The van der Waals surface area contributed by atoms with Crippen molar-refractivity contribution in [2.75, 3.05) is 0 Å². The van der Waals surface area contributed by atoms with E-state index in [1.807, 2.05) is 12.1 Å². The number of rotatable bonds is 3. The normalized spacial score (nSPS) is 26.3. The van der Waals surface area contributed by atoms with Crippen LogP contribution in [0.25, 0.3) is 0 Å². The smallest absolute Gasteiger partial charge is 0.223 e. The number of carbonyl (C=O) groups excluding carboxylic acids is 1. The summed E-state index contributed by atoms with van der Waals surface area (Å²) in [6.07, 6.45) is 8.30. The zero-order valence-electron chi connectivity index (χ0n) is 13.4. The van der Waals surface area contributed by atoms with Crippen molar-refractivity contribution >= 4 is 29.9 Å². The summed E-state index contributed by atoms with van der Waals surface area (Å²) in [4.78, 5) is 12.7. The van der Waals surface area contributed by atoms with Crippen LogP contribution in [0.15, 0.2) is 24.3 Å². The van der Waals surface area contributed by atoms with Gasteiger partial charge in [-0.3, -0.25) is 4.79 Å². The van der Waals surface area contributed by atoms with Gasteiger partial charge in [-0.2, -0.15) is 0 Å². The van der Waals surface area contributed by atoms with E-state index in [-0.39, 0.29) is 35.8 Å². The van der Waals surface area contributed by atoms with E-state index in [9.17, 15) is 4.79 Å². The molecule has 0 saturated heterocycles. The Bertz CT molecular complexity index is 526. The molecule has 0 aromatic heterocycles. The van der Waals surface area contributed by atoms with E-state index in [4.69, 9.17) is 17.3 Å². The lowest BCUT2D eigenvalue weighted by Crippen LogP contribution is -2.49. The number of amides is 1. The molecule has 5 heteroatoms. The van der Waals surface area contributed by atoms with Crippen LogP contribution in [0.4, 0.5) is 0 Å². The number of benzene rings is 1. The van der Waals surface area contributed by atoms with Crippen LogP contribution >= 0.6 is 24.0 Å². The molecule has 0 aliphatic heterocycles. The molecule has 0 bridgehead atoms. The molecule has 1 aromatic rings. The summed E-state index contributed by atoms with van der Waals surface area (Å²) in [5.41, 5.74) is 6.93. The highest BCUT2D eigenvalue weighted by molar-refractivity contribution is 6.30. The van der Waals surface area contributed by atoms with E-state index in [0.29, 0.717) is 0 Å². The lowest BCUT2D eigenvalue weighted by molar-refractivity contribution is -0.127. The second kappa shape index (κ2) is 7.87. The summed E-state index contributed by atoms with van der Waals surface area (Å²) >= 11 is 6.02. The van der Waals surface area contributed by atoms with Crippen LogP contribution in [0.2, 0.25) is 5.02 Å². The molecule has 2 aliphatic carbocycles. The van der Waals surface area contributed by atoms with Crippen LogP contribution < -0.4 is 11.1 Å². The maximum Gasteiger partial charge on any atom is 0.223 e. The zero-order valence-corrected chi connectivity index (χ0v) is 15.0. The highest BCUT2D eigenvalue weighted by Crippen LogP contribution is 2.38. The van der Waals surface area contributed by atoms with Crippen LogP contribution in [0.1, 0.15) is 56.9 Å². The molecular formula is C18H26Cl2N2O. The first-order valence-electron chi connectivity index (χ1n) is 8.43. The average Bonchev–Trinajstić information content (AvgIpc) is 2.95. The number of halogens is 2. The van der Waals surface area contributed by atoms with E-state index in [1.54, 1.807) is 0 Å². The lowest BCUT2D eigenvalue weighted by Gasteiger charge is -2.39. The van der Waals surface area contributed by atoms with Gasteiger partial charge in [0.15, 0.2) is 0 Å². The van der Waals surface area contributed by atoms with Gasteiger partial charge in [0, 0.05) is 17.0 Å². The van der Waals surface area contributed by atoms with Gasteiger partial charge in [0.2, 0.25) is 5.91 Å².